The lowest BCUT2D eigenvalue weighted by molar-refractivity contribution is -0.289. The Kier molecular flexibility index (Phi) is 12.6. The number of aromatic nitrogens is 1. The third-order valence-corrected chi connectivity index (χ3v) is 7.96. The van der Waals surface area contributed by atoms with E-state index in [4.69, 9.17) is 29.4 Å². The maximum absolute atomic E-state index is 6.62. The Hall–Kier alpha value is -3.04. The van der Waals surface area contributed by atoms with Gasteiger partial charge in [-0.2, -0.15) is 0 Å². The molecule has 4 atom stereocenters. The number of unbranched alkanes of at least 4 members (excludes halogenated alkanes) is 3. The first-order valence-electron chi connectivity index (χ1n) is 15.7. The molecule has 7 heteroatoms. The van der Waals surface area contributed by atoms with E-state index in [0.717, 1.165) is 55.3 Å². The van der Waals surface area contributed by atoms with Gasteiger partial charge in [-0.05, 0) is 48.6 Å². The molecular formula is C36H46N2O5. The number of fused-ring (bicyclic) bond motifs is 1. The zero-order valence-corrected chi connectivity index (χ0v) is 25.1. The molecule has 0 saturated carbocycles. The Labute approximate surface area is 255 Å². The van der Waals surface area contributed by atoms with Crippen LogP contribution in [0.2, 0.25) is 0 Å². The normalized spacial score (nSPS) is 20.5. The van der Waals surface area contributed by atoms with Crippen LogP contribution in [0.5, 0.6) is 0 Å². The van der Waals surface area contributed by atoms with Crippen molar-refractivity contribution in [1.82, 2.24) is 4.98 Å². The minimum atomic E-state index is -0.524. The van der Waals surface area contributed by atoms with Crippen molar-refractivity contribution < 1.29 is 23.7 Å². The Morgan fingerprint density at radius 2 is 1.40 bits per heavy atom. The summed E-state index contributed by atoms with van der Waals surface area (Å²) in [6.07, 6.45) is 6.56. The number of aromatic amines is 1. The second-order valence-electron chi connectivity index (χ2n) is 11.2. The minimum Gasteiger partial charge on any atom is -0.379 e. The number of para-hydroxylation sites is 1. The average Bonchev–Trinajstić information content (AvgIpc) is 3.47. The topological polar surface area (TPSA) is 88.0 Å². The highest BCUT2D eigenvalue weighted by atomic mass is 16.7. The first kappa shape index (κ1) is 31.4. The fourth-order valence-corrected chi connectivity index (χ4v) is 5.53. The Bertz CT molecular complexity index is 1310. The zero-order valence-electron chi connectivity index (χ0n) is 25.1. The van der Waals surface area contributed by atoms with Crippen LogP contribution in [-0.2, 0) is 43.3 Å². The molecule has 43 heavy (non-hydrogen) atoms. The zero-order chi connectivity index (χ0) is 29.5. The van der Waals surface area contributed by atoms with Gasteiger partial charge < -0.3 is 34.4 Å². The summed E-state index contributed by atoms with van der Waals surface area (Å²) in [6, 6.07) is 28.8. The van der Waals surface area contributed by atoms with E-state index in [1.807, 2.05) is 42.5 Å². The molecule has 230 valence electrons. The van der Waals surface area contributed by atoms with Gasteiger partial charge in [-0.1, -0.05) is 91.7 Å². The molecule has 0 bridgehead atoms. The van der Waals surface area contributed by atoms with Crippen LogP contribution in [-0.4, -0.2) is 56.0 Å². The maximum Gasteiger partial charge on any atom is 0.184 e. The first-order chi connectivity index (χ1) is 21.3. The SMILES string of the molecule is NCCCCCCOC[C@H]1O[C@H](OCCc2c[nH]c3ccccc23)[C@H](OCc2ccccc2)C[C@@H]1OCc1ccccc1. The summed E-state index contributed by atoms with van der Waals surface area (Å²) in [5.41, 5.74) is 10.2. The number of hydrogen-bond donors (Lipinski definition) is 2. The molecule has 1 aliphatic rings. The monoisotopic (exact) mass is 586 g/mol. The minimum absolute atomic E-state index is 0.188. The van der Waals surface area contributed by atoms with Gasteiger partial charge in [0.15, 0.2) is 6.29 Å². The van der Waals surface area contributed by atoms with Crippen LogP contribution in [0.25, 0.3) is 10.9 Å². The fraction of sp³-hybridized carbons (Fsp3) is 0.444. The molecule has 1 aromatic heterocycles. The third-order valence-electron chi connectivity index (χ3n) is 7.96. The van der Waals surface area contributed by atoms with Crippen LogP contribution in [0.1, 0.15) is 48.8 Å². The van der Waals surface area contributed by atoms with Crippen molar-refractivity contribution in [3.05, 3.63) is 108 Å². The van der Waals surface area contributed by atoms with E-state index >= 15 is 0 Å². The highest BCUT2D eigenvalue weighted by Gasteiger charge is 2.40. The van der Waals surface area contributed by atoms with Crippen LogP contribution >= 0.6 is 0 Å². The van der Waals surface area contributed by atoms with E-state index in [1.54, 1.807) is 0 Å². The molecule has 1 saturated heterocycles. The number of H-pyrrole nitrogens is 1. The lowest BCUT2D eigenvalue weighted by atomic mass is 10.0. The molecule has 4 aromatic rings. The molecule has 3 aromatic carbocycles. The van der Waals surface area contributed by atoms with Crippen molar-refractivity contribution in [2.45, 2.75) is 76.3 Å². The van der Waals surface area contributed by atoms with Gasteiger partial charge in [-0.25, -0.2) is 0 Å². The molecule has 1 aliphatic heterocycles. The van der Waals surface area contributed by atoms with E-state index in [9.17, 15) is 0 Å². The van der Waals surface area contributed by atoms with Crippen molar-refractivity contribution in [3.63, 3.8) is 0 Å². The van der Waals surface area contributed by atoms with Crippen molar-refractivity contribution in [3.8, 4) is 0 Å². The largest absolute Gasteiger partial charge is 0.379 e. The molecule has 2 heterocycles. The molecule has 7 nitrogen and oxygen atoms in total. The molecule has 1 fully saturated rings. The van der Waals surface area contributed by atoms with E-state index in [2.05, 4.69) is 53.6 Å². The van der Waals surface area contributed by atoms with Crippen LogP contribution in [0.4, 0.5) is 0 Å². The first-order valence-corrected chi connectivity index (χ1v) is 15.7. The van der Waals surface area contributed by atoms with E-state index in [0.29, 0.717) is 39.5 Å². The van der Waals surface area contributed by atoms with Gasteiger partial charge in [-0.3, -0.25) is 0 Å². The summed E-state index contributed by atoms with van der Waals surface area (Å²) in [4.78, 5) is 3.36. The van der Waals surface area contributed by atoms with E-state index < -0.39 is 6.29 Å². The van der Waals surface area contributed by atoms with Gasteiger partial charge >= 0.3 is 0 Å². The van der Waals surface area contributed by atoms with Crippen LogP contribution in [0, 0.1) is 0 Å². The lowest BCUT2D eigenvalue weighted by Crippen LogP contribution is -2.52. The van der Waals surface area contributed by atoms with Gasteiger partial charge in [0.1, 0.15) is 12.2 Å². The number of hydrogen-bond acceptors (Lipinski definition) is 6. The van der Waals surface area contributed by atoms with Crippen molar-refractivity contribution >= 4 is 10.9 Å². The molecule has 0 amide bonds. The van der Waals surface area contributed by atoms with Gasteiger partial charge in [-0.15, -0.1) is 0 Å². The van der Waals surface area contributed by atoms with Crippen LogP contribution in [0.15, 0.2) is 91.1 Å². The lowest BCUT2D eigenvalue weighted by Gasteiger charge is -2.41. The molecule has 3 N–H and O–H groups in total. The third kappa shape index (κ3) is 9.73. The molecule has 5 rings (SSSR count). The number of benzene rings is 3. The second-order valence-corrected chi connectivity index (χ2v) is 11.2. The molecule has 0 unspecified atom stereocenters. The second kappa shape index (κ2) is 17.3. The van der Waals surface area contributed by atoms with Crippen molar-refractivity contribution in [2.24, 2.45) is 5.73 Å². The smallest absolute Gasteiger partial charge is 0.184 e. The van der Waals surface area contributed by atoms with Crippen LogP contribution in [0.3, 0.4) is 0 Å². The van der Waals surface area contributed by atoms with Gasteiger partial charge in [0.05, 0.1) is 32.5 Å². The number of nitrogens with two attached hydrogens (primary N) is 1. The predicted octanol–water partition coefficient (Wildman–Crippen LogP) is 6.55. The highest BCUT2D eigenvalue weighted by Crippen LogP contribution is 2.29. The Morgan fingerprint density at radius 3 is 2.14 bits per heavy atom. The maximum atomic E-state index is 6.62. The summed E-state index contributed by atoms with van der Waals surface area (Å²) in [7, 11) is 0. The van der Waals surface area contributed by atoms with Crippen LogP contribution < -0.4 is 5.73 Å². The van der Waals surface area contributed by atoms with E-state index in [1.165, 1.54) is 10.9 Å². The molecular weight excluding hydrogens is 540 g/mol. The quantitative estimate of drug-likeness (QED) is 0.129. The summed E-state index contributed by atoms with van der Waals surface area (Å²) in [5.74, 6) is 0. The summed E-state index contributed by atoms with van der Waals surface area (Å²) in [6.45, 7) is 3.38. The number of ether oxygens (including phenoxy) is 5. The molecule has 0 radical (unpaired) electrons. The summed E-state index contributed by atoms with van der Waals surface area (Å²) < 4.78 is 32.1. The molecule has 0 aliphatic carbocycles. The fourth-order valence-electron chi connectivity index (χ4n) is 5.53. The highest BCUT2D eigenvalue weighted by molar-refractivity contribution is 5.83. The summed E-state index contributed by atoms with van der Waals surface area (Å²) >= 11 is 0. The summed E-state index contributed by atoms with van der Waals surface area (Å²) in [5, 5.41) is 1.22. The van der Waals surface area contributed by atoms with Crippen molar-refractivity contribution in [2.75, 3.05) is 26.4 Å². The van der Waals surface area contributed by atoms with Crippen molar-refractivity contribution in [1.29, 1.82) is 0 Å². The standard InChI is InChI=1S/C36H46N2O5/c37-20-11-1-2-12-21-39-27-35-33(41-25-28-13-5-3-6-14-28)23-34(42-26-29-15-7-4-8-16-29)36(43-35)40-22-19-30-24-38-32-18-10-9-17-31(30)32/h3-10,13-18,24,33-36,38H,1-2,11-12,19-23,25-27,37H2/t33-,34+,35+,36-/m0/s1. The molecule has 0 spiro atoms. The Morgan fingerprint density at radius 1 is 0.721 bits per heavy atom. The Balaban J connectivity index is 1.24. The number of nitrogens with one attached hydrogen (secondary N) is 1. The van der Waals surface area contributed by atoms with Gasteiger partial charge in [0, 0.05) is 30.1 Å². The average molecular weight is 587 g/mol. The van der Waals surface area contributed by atoms with Gasteiger partial charge in [0.2, 0.25) is 0 Å². The van der Waals surface area contributed by atoms with Gasteiger partial charge in [0.25, 0.3) is 0 Å². The number of rotatable bonds is 18. The van der Waals surface area contributed by atoms with E-state index in [-0.39, 0.29) is 18.3 Å². The predicted molar refractivity (Wildman–Crippen MR) is 170 cm³/mol.